The number of methoxy groups -OCH3 is 1. The van der Waals surface area contributed by atoms with Gasteiger partial charge in [-0.05, 0) is 57.9 Å². The molecular formula is C14H15BrN2O3S. The van der Waals surface area contributed by atoms with Gasteiger partial charge in [-0.25, -0.2) is 13.6 Å². The summed E-state index contributed by atoms with van der Waals surface area (Å²) in [5, 5.41) is 8.26. The smallest absolute Gasteiger partial charge is 0.238 e. The van der Waals surface area contributed by atoms with Crippen molar-refractivity contribution in [2.75, 3.05) is 12.4 Å². The first-order valence-corrected chi connectivity index (χ1v) is 8.43. The van der Waals surface area contributed by atoms with Crippen molar-refractivity contribution in [3.8, 4) is 5.75 Å². The first-order chi connectivity index (χ1) is 9.90. The van der Waals surface area contributed by atoms with Crippen molar-refractivity contribution in [3.63, 3.8) is 0 Å². The zero-order valence-electron chi connectivity index (χ0n) is 11.3. The van der Waals surface area contributed by atoms with Crippen LogP contribution in [0.3, 0.4) is 0 Å². The fraction of sp³-hybridized carbons (Fsp3) is 0.143. The molecule has 0 heterocycles. The zero-order valence-corrected chi connectivity index (χ0v) is 13.7. The Morgan fingerprint density at radius 1 is 1.19 bits per heavy atom. The lowest BCUT2D eigenvalue weighted by Crippen LogP contribution is -2.12. The molecular weight excluding hydrogens is 356 g/mol. The molecule has 0 spiro atoms. The van der Waals surface area contributed by atoms with Gasteiger partial charge in [0, 0.05) is 12.2 Å². The molecule has 0 unspecified atom stereocenters. The number of halogens is 1. The molecule has 3 N–H and O–H groups in total. The summed E-state index contributed by atoms with van der Waals surface area (Å²) in [5.41, 5.74) is 1.88. The van der Waals surface area contributed by atoms with E-state index in [1.165, 1.54) is 12.1 Å². The molecule has 112 valence electrons. The first-order valence-electron chi connectivity index (χ1n) is 6.09. The molecule has 0 aliphatic rings. The van der Waals surface area contributed by atoms with Crippen molar-refractivity contribution >= 4 is 31.6 Å². The van der Waals surface area contributed by atoms with Gasteiger partial charge < -0.3 is 10.1 Å². The highest BCUT2D eigenvalue weighted by Gasteiger charge is 2.06. The highest BCUT2D eigenvalue weighted by atomic mass is 79.9. The summed E-state index contributed by atoms with van der Waals surface area (Å²) in [6, 6.07) is 12.1. The summed E-state index contributed by atoms with van der Waals surface area (Å²) in [4.78, 5) is 0.0974. The molecule has 0 saturated heterocycles. The fourth-order valence-electron chi connectivity index (χ4n) is 1.79. The Morgan fingerprint density at radius 2 is 1.86 bits per heavy atom. The Labute approximate surface area is 132 Å². The van der Waals surface area contributed by atoms with E-state index >= 15 is 0 Å². The van der Waals surface area contributed by atoms with E-state index in [4.69, 9.17) is 9.88 Å². The molecule has 0 aliphatic carbocycles. The molecule has 0 bridgehead atoms. The van der Waals surface area contributed by atoms with Crippen molar-refractivity contribution in [1.29, 1.82) is 0 Å². The van der Waals surface area contributed by atoms with Gasteiger partial charge in [0.1, 0.15) is 5.75 Å². The molecule has 0 aromatic heterocycles. The second kappa shape index (κ2) is 6.46. The number of benzene rings is 2. The molecule has 21 heavy (non-hydrogen) atoms. The van der Waals surface area contributed by atoms with E-state index in [0.29, 0.717) is 6.54 Å². The standard InChI is InChI=1S/C14H15BrN2O3S/c1-20-14-7-2-10(8-13(14)15)9-17-11-3-5-12(6-4-11)21(16,18)19/h2-8,17H,9H2,1H3,(H2,16,18,19). The van der Waals surface area contributed by atoms with E-state index < -0.39 is 10.0 Å². The van der Waals surface area contributed by atoms with Gasteiger partial charge in [0.05, 0.1) is 16.5 Å². The number of primary sulfonamides is 1. The van der Waals surface area contributed by atoms with Gasteiger partial charge in [-0.15, -0.1) is 0 Å². The zero-order chi connectivity index (χ0) is 15.5. The normalized spacial score (nSPS) is 11.2. The molecule has 0 atom stereocenters. The van der Waals surface area contributed by atoms with Crippen LogP contribution in [0.15, 0.2) is 51.8 Å². The number of nitrogens with one attached hydrogen (secondary N) is 1. The molecule has 5 nitrogen and oxygen atoms in total. The number of nitrogens with two attached hydrogens (primary N) is 1. The molecule has 2 aromatic carbocycles. The average Bonchev–Trinajstić information content (AvgIpc) is 2.45. The van der Waals surface area contributed by atoms with Crippen LogP contribution in [0.4, 0.5) is 5.69 Å². The molecule has 2 rings (SSSR count). The quantitative estimate of drug-likeness (QED) is 0.847. The highest BCUT2D eigenvalue weighted by Crippen LogP contribution is 2.25. The van der Waals surface area contributed by atoms with E-state index in [1.807, 2.05) is 18.2 Å². The fourth-order valence-corrected chi connectivity index (χ4v) is 2.89. The minimum atomic E-state index is -3.65. The summed E-state index contributed by atoms with van der Waals surface area (Å²) in [6.45, 7) is 0.608. The first kappa shape index (κ1) is 15.8. The Balaban J connectivity index is 2.05. The Kier molecular flexibility index (Phi) is 4.87. The van der Waals surface area contributed by atoms with Crippen molar-refractivity contribution in [3.05, 3.63) is 52.5 Å². The third-order valence-electron chi connectivity index (χ3n) is 2.90. The maximum atomic E-state index is 11.2. The topological polar surface area (TPSA) is 81.4 Å². The van der Waals surface area contributed by atoms with Crippen LogP contribution in [-0.4, -0.2) is 15.5 Å². The van der Waals surface area contributed by atoms with Crippen molar-refractivity contribution in [1.82, 2.24) is 0 Å². The molecule has 0 radical (unpaired) electrons. The number of rotatable bonds is 5. The maximum absolute atomic E-state index is 11.2. The summed E-state index contributed by atoms with van der Waals surface area (Å²) >= 11 is 3.43. The number of hydrogen-bond acceptors (Lipinski definition) is 4. The largest absolute Gasteiger partial charge is 0.496 e. The summed E-state index contributed by atoms with van der Waals surface area (Å²) in [7, 11) is -2.03. The predicted molar refractivity (Wildman–Crippen MR) is 85.8 cm³/mol. The van der Waals surface area contributed by atoms with Gasteiger partial charge >= 0.3 is 0 Å². The summed E-state index contributed by atoms with van der Waals surface area (Å²) in [6.07, 6.45) is 0. The van der Waals surface area contributed by atoms with Gasteiger partial charge in [0.15, 0.2) is 0 Å². The van der Waals surface area contributed by atoms with Crippen LogP contribution < -0.4 is 15.2 Å². The predicted octanol–water partition coefficient (Wildman–Crippen LogP) is 2.72. The molecule has 0 aliphatic heterocycles. The monoisotopic (exact) mass is 370 g/mol. The minimum Gasteiger partial charge on any atom is -0.496 e. The highest BCUT2D eigenvalue weighted by molar-refractivity contribution is 9.10. The molecule has 0 saturated carbocycles. The SMILES string of the molecule is COc1ccc(CNc2ccc(S(N)(=O)=O)cc2)cc1Br. The van der Waals surface area contributed by atoms with Gasteiger partial charge in [0.2, 0.25) is 10.0 Å². The Bertz CT molecular complexity index is 730. The van der Waals surface area contributed by atoms with Gasteiger partial charge in [-0.1, -0.05) is 6.07 Å². The van der Waals surface area contributed by atoms with E-state index in [2.05, 4.69) is 21.2 Å². The van der Waals surface area contributed by atoms with Crippen molar-refractivity contribution < 1.29 is 13.2 Å². The van der Waals surface area contributed by atoms with Crippen LogP contribution in [-0.2, 0) is 16.6 Å². The number of anilines is 1. The van der Waals surface area contributed by atoms with E-state index in [-0.39, 0.29) is 4.90 Å². The van der Waals surface area contributed by atoms with Gasteiger partial charge in [-0.2, -0.15) is 0 Å². The molecule has 0 amide bonds. The van der Waals surface area contributed by atoms with E-state index in [0.717, 1.165) is 21.5 Å². The van der Waals surface area contributed by atoms with Crippen LogP contribution in [0.2, 0.25) is 0 Å². The van der Waals surface area contributed by atoms with Crippen LogP contribution in [0.1, 0.15) is 5.56 Å². The lowest BCUT2D eigenvalue weighted by molar-refractivity contribution is 0.412. The number of ether oxygens (including phenoxy) is 1. The summed E-state index contributed by atoms with van der Waals surface area (Å²) in [5.74, 6) is 0.774. The van der Waals surface area contributed by atoms with Gasteiger partial charge in [-0.3, -0.25) is 0 Å². The molecule has 7 heteroatoms. The maximum Gasteiger partial charge on any atom is 0.238 e. The van der Waals surface area contributed by atoms with Crippen molar-refractivity contribution in [2.24, 2.45) is 5.14 Å². The van der Waals surface area contributed by atoms with Crippen LogP contribution >= 0.6 is 15.9 Å². The molecule has 2 aromatic rings. The average molecular weight is 371 g/mol. The number of sulfonamides is 1. The van der Waals surface area contributed by atoms with E-state index in [1.54, 1.807) is 19.2 Å². The van der Waals surface area contributed by atoms with Crippen molar-refractivity contribution in [2.45, 2.75) is 11.4 Å². The lowest BCUT2D eigenvalue weighted by Gasteiger charge is -2.09. The lowest BCUT2D eigenvalue weighted by atomic mass is 10.2. The third-order valence-corrected chi connectivity index (χ3v) is 4.44. The van der Waals surface area contributed by atoms with E-state index in [9.17, 15) is 8.42 Å². The second-order valence-electron chi connectivity index (χ2n) is 4.39. The third kappa shape index (κ3) is 4.20. The van der Waals surface area contributed by atoms with Gasteiger partial charge in [0.25, 0.3) is 0 Å². The number of hydrogen-bond donors (Lipinski definition) is 2. The molecule has 0 fully saturated rings. The minimum absolute atomic E-state index is 0.0974. The second-order valence-corrected chi connectivity index (χ2v) is 6.81. The van der Waals surface area contributed by atoms with Crippen LogP contribution in [0.25, 0.3) is 0 Å². The summed E-state index contributed by atoms with van der Waals surface area (Å²) < 4.78 is 28.4. The van der Waals surface area contributed by atoms with Crippen LogP contribution in [0, 0.1) is 0 Å². The van der Waals surface area contributed by atoms with Crippen LogP contribution in [0.5, 0.6) is 5.75 Å². The Morgan fingerprint density at radius 3 is 2.38 bits per heavy atom. The Hall–Kier alpha value is -1.57.